The molecule has 0 N–H and O–H groups in total. The molecule has 1 saturated heterocycles. The summed E-state index contributed by atoms with van der Waals surface area (Å²) in [6.07, 6.45) is 1.61. The van der Waals surface area contributed by atoms with Crippen LogP contribution < -0.4 is 4.74 Å². The Balaban J connectivity index is 1.52. The van der Waals surface area contributed by atoms with Crippen LogP contribution in [0.15, 0.2) is 22.9 Å². The molecule has 0 unspecified atom stereocenters. The summed E-state index contributed by atoms with van der Waals surface area (Å²) in [6.45, 7) is 12.6. The number of ether oxygens (including phenoxy) is 1. The van der Waals surface area contributed by atoms with E-state index in [0.717, 1.165) is 36.7 Å². The summed E-state index contributed by atoms with van der Waals surface area (Å²) in [6, 6.07) is 3.56. The van der Waals surface area contributed by atoms with Gasteiger partial charge in [0, 0.05) is 50.6 Å². The summed E-state index contributed by atoms with van der Waals surface area (Å²) in [5, 5.41) is 4.01. The predicted molar refractivity (Wildman–Crippen MR) is 102 cm³/mol. The molecule has 0 radical (unpaired) electrons. The van der Waals surface area contributed by atoms with Crippen molar-refractivity contribution in [3.05, 3.63) is 40.9 Å². The maximum absolute atomic E-state index is 12.7. The predicted octanol–water partition coefficient (Wildman–Crippen LogP) is 2.68. The second kappa shape index (κ2) is 8.52. The minimum Gasteiger partial charge on any atom is -0.477 e. The Labute approximate surface area is 160 Å². The zero-order valence-corrected chi connectivity index (χ0v) is 16.6. The molecule has 0 aliphatic carbocycles. The number of rotatable bonds is 6. The Hall–Kier alpha value is -2.41. The number of piperazine rings is 1. The van der Waals surface area contributed by atoms with Crippen LogP contribution in [0, 0.1) is 19.8 Å². The first-order valence-electron chi connectivity index (χ1n) is 9.46. The summed E-state index contributed by atoms with van der Waals surface area (Å²) in [7, 11) is 0. The van der Waals surface area contributed by atoms with Crippen LogP contribution in [0.4, 0.5) is 0 Å². The molecule has 2 aromatic heterocycles. The molecule has 146 valence electrons. The molecule has 1 aliphatic rings. The van der Waals surface area contributed by atoms with Gasteiger partial charge in [-0.25, -0.2) is 4.98 Å². The number of pyridine rings is 1. The van der Waals surface area contributed by atoms with E-state index >= 15 is 0 Å². The van der Waals surface area contributed by atoms with E-state index in [2.05, 4.69) is 28.9 Å². The highest BCUT2D eigenvalue weighted by molar-refractivity contribution is 5.94. The van der Waals surface area contributed by atoms with Crippen molar-refractivity contribution in [1.82, 2.24) is 19.9 Å². The van der Waals surface area contributed by atoms with Gasteiger partial charge in [-0.2, -0.15) is 0 Å². The Morgan fingerprint density at radius 1 is 1.22 bits per heavy atom. The molecule has 0 bridgehead atoms. The van der Waals surface area contributed by atoms with E-state index in [0.29, 0.717) is 37.1 Å². The summed E-state index contributed by atoms with van der Waals surface area (Å²) in [5.41, 5.74) is 2.69. The molecule has 7 heteroatoms. The number of nitrogens with zero attached hydrogens (tertiary/aromatic N) is 4. The van der Waals surface area contributed by atoms with Crippen molar-refractivity contribution in [3.63, 3.8) is 0 Å². The van der Waals surface area contributed by atoms with Crippen LogP contribution >= 0.6 is 0 Å². The maximum Gasteiger partial charge on any atom is 0.255 e. The first-order valence-corrected chi connectivity index (χ1v) is 9.46. The molecule has 3 rings (SSSR count). The molecule has 27 heavy (non-hydrogen) atoms. The molecular weight excluding hydrogens is 344 g/mol. The van der Waals surface area contributed by atoms with E-state index in [1.54, 1.807) is 18.3 Å². The number of hydrogen-bond donors (Lipinski definition) is 0. The molecule has 7 nitrogen and oxygen atoms in total. The van der Waals surface area contributed by atoms with Crippen LogP contribution in [0.25, 0.3) is 0 Å². The standard InChI is InChI=1S/C20H28N4O3/c1-14(2)13-26-19-6-5-17(11-21-19)20(25)24-9-7-23(8-10-24)12-18-15(3)22-27-16(18)4/h5-6,11,14H,7-10,12-13H2,1-4H3. The molecule has 3 heterocycles. The van der Waals surface area contributed by atoms with E-state index in [4.69, 9.17) is 9.26 Å². The Kier molecular flexibility index (Phi) is 6.11. The lowest BCUT2D eigenvalue weighted by atomic mass is 10.1. The van der Waals surface area contributed by atoms with Gasteiger partial charge in [0.25, 0.3) is 5.91 Å². The van der Waals surface area contributed by atoms with Gasteiger partial charge >= 0.3 is 0 Å². The third-order valence-corrected chi connectivity index (χ3v) is 4.77. The normalized spacial score (nSPS) is 15.4. The van der Waals surface area contributed by atoms with E-state index < -0.39 is 0 Å². The van der Waals surface area contributed by atoms with Crippen molar-refractivity contribution >= 4 is 5.91 Å². The van der Waals surface area contributed by atoms with Crippen molar-refractivity contribution < 1.29 is 14.1 Å². The van der Waals surface area contributed by atoms with Crippen LogP contribution in [0.3, 0.4) is 0 Å². The van der Waals surface area contributed by atoms with E-state index in [1.165, 1.54) is 0 Å². The number of carbonyl (C=O) groups excluding carboxylic acids is 1. The van der Waals surface area contributed by atoms with E-state index in [1.807, 2.05) is 18.7 Å². The Morgan fingerprint density at radius 2 is 1.96 bits per heavy atom. The van der Waals surface area contributed by atoms with Gasteiger partial charge in [0.1, 0.15) is 5.76 Å². The summed E-state index contributed by atoms with van der Waals surface area (Å²) >= 11 is 0. The Morgan fingerprint density at radius 3 is 2.52 bits per heavy atom. The minimum atomic E-state index is 0.0231. The van der Waals surface area contributed by atoms with Crippen molar-refractivity contribution in [2.24, 2.45) is 5.92 Å². The lowest BCUT2D eigenvalue weighted by Crippen LogP contribution is -2.48. The summed E-state index contributed by atoms with van der Waals surface area (Å²) in [4.78, 5) is 21.2. The summed E-state index contributed by atoms with van der Waals surface area (Å²) in [5.74, 6) is 1.89. The van der Waals surface area contributed by atoms with Crippen molar-refractivity contribution in [2.75, 3.05) is 32.8 Å². The molecule has 0 aromatic carbocycles. The van der Waals surface area contributed by atoms with E-state index in [9.17, 15) is 4.79 Å². The van der Waals surface area contributed by atoms with Crippen LogP contribution in [-0.4, -0.2) is 58.6 Å². The second-order valence-electron chi connectivity index (χ2n) is 7.46. The van der Waals surface area contributed by atoms with Crippen LogP contribution in [0.5, 0.6) is 5.88 Å². The lowest BCUT2D eigenvalue weighted by molar-refractivity contribution is 0.0627. The minimum absolute atomic E-state index is 0.0231. The average molecular weight is 372 g/mol. The van der Waals surface area contributed by atoms with Crippen molar-refractivity contribution in [1.29, 1.82) is 0 Å². The van der Waals surface area contributed by atoms with Gasteiger partial charge in [-0.15, -0.1) is 0 Å². The quantitative estimate of drug-likeness (QED) is 0.776. The van der Waals surface area contributed by atoms with Crippen molar-refractivity contribution in [3.8, 4) is 5.88 Å². The number of hydrogen-bond acceptors (Lipinski definition) is 6. The van der Waals surface area contributed by atoms with Gasteiger partial charge in [0.2, 0.25) is 5.88 Å². The fraction of sp³-hybridized carbons (Fsp3) is 0.550. The van der Waals surface area contributed by atoms with Gasteiger partial charge in [-0.3, -0.25) is 9.69 Å². The molecule has 1 fully saturated rings. The number of amides is 1. The second-order valence-corrected chi connectivity index (χ2v) is 7.46. The van der Waals surface area contributed by atoms with Crippen LogP contribution in [0.2, 0.25) is 0 Å². The zero-order chi connectivity index (χ0) is 19.4. The monoisotopic (exact) mass is 372 g/mol. The van der Waals surface area contributed by atoms with Gasteiger partial charge < -0.3 is 14.2 Å². The van der Waals surface area contributed by atoms with Gasteiger partial charge in [-0.05, 0) is 25.8 Å². The fourth-order valence-corrected chi connectivity index (χ4v) is 3.09. The smallest absolute Gasteiger partial charge is 0.255 e. The molecule has 0 spiro atoms. The molecule has 0 saturated carbocycles. The van der Waals surface area contributed by atoms with Gasteiger partial charge in [0.15, 0.2) is 0 Å². The number of aromatic nitrogens is 2. The molecule has 1 aliphatic heterocycles. The molecule has 1 amide bonds. The largest absolute Gasteiger partial charge is 0.477 e. The van der Waals surface area contributed by atoms with E-state index in [-0.39, 0.29) is 5.91 Å². The first kappa shape index (κ1) is 19.4. The summed E-state index contributed by atoms with van der Waals surface area (Å²) < 4.78 is 10.8. The first-order chi connectivity index (χ1) is 12.9. The molecule has 2 aromatic rings. The number of carbonyl (C=O) groups is 1. The SMILES string of the molecule is Cc1noc(C)c1CN1CCN(C(=O)c2ccc(OCC(C)C)nc2)CC1. The molecular formula is C20H28N4O3. The van der Waals surface area contributed by atoms with Gasteiger partial charge in [0.05, 0.1) is 17.9 Å². The van der Waals surface area contributed by atoms with Crippen LogP contribution in [-0.2, 0) is 6.54 Å². The van der Waals surface area contributed by atoms with Crippen molar-refractivity contribution in [2.45, 2.75) is 34.2 Å². The van der Waals surface area contributed by atoms with Crippen LogP contribution in [0.1, 0.15) is 41.2 Å². The third kappa shape index (κ3) is 4.86. The third-order valence-electron chi connectivity index (χ3n) is 4.77. The fourth-order valence-electron chi connectivity index (χ4n) is 3.09. The number of aryl methyl sites for hydroxylation is 2. The van der Waals surface area contributed by atoms with Gasteiger partial charge in [-0.1, -0.05) is 19.0 Å². The Bertz CT molecular complexity index is 743. The highest BCUT2D eigenvalue weighted by Gasteiger charge is 2.24. The zero-order valence-electron chi connectivity index (χ0n) is 16.6. The average Bonchev–Trinajstić information content (AvgIpc) is 2.99. The lowest BCUT2D eigenvalue weighted by Gasteiger charge is -2.34. The highest BCUT2D eigenvalue weighted by Crippen LogP contribution is 2.17. The molecule has 0 atom stereocenters. The highest BCUT2D eigenvalue weighted by atomic mass is 16.5. The maximum atomic E-state index is 12.7. The topological polar surface area (TPSA) is 71.7 Å².